The molecule has 0 radical (unpaired) electrons. The minimum Gasteiger partial charge on any atom is -0.359 e. The summed E-state index contributed by atoms with van der Waals surface area (Å²) in [7, 11) is 0. The van der Waals surface area contributed by atoms with E-state index in [1.807, 2.05) is 25.1 Å². The number of anilines is 1. The first-order chi connectivity index (χ1) is 6.50. The normalized spacial score (nSPS) is 10.4. The largest absolute Gasteiger partial charge is 0.359 e. The molecular weight excluding hydrogens is 194 g/mol. The summed E-state index contributed by atoms with van der Waals surface area (Å²) < 4.78 is 0. The molecule has 14 heavy (non-hydrogen) atoms. The van der Waals surface area contributed by atoms with Gasteiger partial charge in [-0.3, -0.25) is 0 Å². The van der Waals surface area contributed by atoms with Crippen molar-refractivity contribution < 1.29 is 0 Å². The predicted molar refractivity (Wildman–Crippen MR) is 64.0 cm³/mol. The number of nitrogens with one attached hydrogen (secondary N) is 1. The van der Waals surface area contributed by atoms with Crippen molar-refractivity contribution in [2.75, 3.05) is 5.32 Å². The van der Waals surface area contributed by atoms with Gasteiger partial charge in [0.25, 0.3) is 0 Å². The molecular formula is C12H16ClN. The highest BCUT2D eigenvalue weighted by Gasteiger charge is 2.06. The van der Waals surface area contributed by atoms with Gasteiger partial charge in [-0.15, -0.1) is 0 Å². The fourth-order valence-corrected chi connectivity index (χ4v) is 1.54. The van der Waals surface area contributed by atoms with E-state index in [1.54, 1.807) is 0 Å². The molecule has 1 N–H and O–H groups in total. The molecule has 0 saturated heterocycles. The summed E-state index contributed by atoms with van der Waals surface area (Å²) in [6, 6.07) is 5.88. The van der Waals surface area contributed by atoms with Gasteiger partial charge >= 0.3 is 0 Å². The van der Waals surface area contributed by atoms with Crippen LogP contribution in [0.5, 0.6) is 0 Å². The number of benzene rings is 1. The van der Waals surface area contributed by atoms with Gasteiger partial charge in [-0.1, -0.05) is 32.0 Å². The van der Waals surface area contributed by atoms with Crippen LogP contribution in [0.2, 0.25) is 5.02 Å². The van der Waals surface area contributed by atoms with Gasteiger partial charge in [0.15, 0.2) is 0 Å². The molecule has 0 spiro atoms. The first-order valence-corrected chi connectivity index (χ1v) is 5.10. The molecule has 0 saturated carbocycles. The Hall–Kier alpha value is -0.950. The predicted octanol–water partition coefficient (Wildman–Crippen LogP) is 4.41. The average Bonchev–Trinajstić information content (AvgIpc) is 2.07. The first-order valence-electron chi connectivity index (χ1n) is 4.72. The number of rotatable bonds is 3. The molecule has 0 aliphatic heterocycles. The van der Waals surface area contributed by atoms with E-state index in [1.165, 1.54) is 5.56 Å². The molecule has 0 fully saturated rings. The Labute approximate surface area is 90.8 Å². The van der Waals surface area contributed by atoms with Gasteiger partial charge in [0.1, 0.15) is 0 Å². The third-order valence-corrected chi connectivity index (χ3v) is 2.22. The van der Waals surface area contributed by atoms with Gasteiger partial charge < -0.3 is 5.32 Å². The topological polar surface area (TPSA) is 12.0 Å². The molecule has 76 valence electrons. The summed E-state index contributed by atoms with van der Waals surface area (Å²) >= 11 is 5.95. The lowest BCUT2D eigenvalue weighted by Crippen LogP contribution is -1.99. The Bertz CT molecular complexity index is 342. The van der Waals surface area contributed by atoms with Crippen molar-refractivity contribution in [3.8, 4) is 0 Å². The van der Waals surface area contributed by atoms with Crippen molar-refractivity contribution in [1.29, 1.82) is 0 Å². The highest BCUT2D eigenvalue weighted by Crippen LogP contribution is 2.28. The number of hydrogen-bond donors (Lipinski definition) is 1. The van der Waals surface area contributed by atoms with Crippen molar-refractivity contribution in [2.24, 2.45) is 0 Å². The second-order valence-electron chi connectivity index (χ2n) is 3.79. The molecule has 0 bridgehead atoms. The minimum atomic E-state index is 0.454. The van der Waals surface area contributed by atoms with Gasteiger partial charge in [-0.25, -0.2) is 0 Å². The Balaban J connectivity index is 3.08. The Morgan fingerprint density at radius 1 is 1.43 bits per heavy atom. The van der Waals surface area contributed by atoms with Gasteiger partial charge in [0, 0.05) is 16.4 Å². The van der Waals surface area contributed by atoms with Crippen molar-refractivity contribution >= 4 is 17.3 Å². The van der Waals surface area contributed by atoms with Crippen LogP contribution in [0.1, 0.15) is 32.3 Å². The van der Waals surface area contributed by atoms with Gasteiger partial charge in [-0.2, -0.15) is 0 Å². The molecule has 0 aliphatic carbocycles. The van der Waals surface area contributed by atoms with Crippen LogP contribution in [0.3, 0.4) is 0 Å². The van der Waals surface area contributed by atoms with Crippen LogP contribution in [0.15, 0.2) is 30.5 Å². The lowest BCUT2D eigenvalue weighted by Gasteiger charge is -2.14. The summed E-state index contributed by atoms with van der Waals surface area (Å²) in [6.45, 7) is 10.1. The summed E-state index contributed by atoms with van der Waals surface area (Å²) in [5.74, 6) is 0.454. The third-order valence-electron chi connectivity index (χ3n) is 1.98. The van der Waals surface area contributed by atoms with E-state index in [4.69, 9.17) is 11.6 Å². The van der Waals surface area contributed by atoms with Crippen molar-refractivity contribution in [2.45, 2.75) is 26.7 Å². The lowest BCUT2D eigenvalue weighted by molar-refractivity contribution is 0.868. The van der Waals surface area contributed by atoms with Crippen LogP contribution in [0, 0.1) is 0 Å². The number of allylic oxidation sites excluding steroid dienone is 1. The molecule has 1 aromatic carbocycles. The zero-order chi connectivity index (χ0) is 10.7. The van der Waals surface area contributed by atoms with Crippen molar-refractivity contribution in [1.82, 2.24) is 0 Å². The van der Waals surface area contributed by atoms with Crippen molar-refractivity contribution in [3.05, 3.63) is 41.1 Å². The van der Waals surface area contributed by atoms with E-state index in [0.29, 0.717) is 5.92 Å². The fraction of sp³-hybridized carbons (Fsp3) is 0.333. The van der Waals surface area contributed by atoms with Crippen LogP contribution in [-0.4, -0.2) is 0 Å². The smallest absolute Gasteiger partial charge is 0.0417 e. The summed E-state index contributed by atoms with van der Waals surface area (Å²) in [5, 5.41) is 4.01. The Morgan fingerprint density at radius 2 is 2.07 bits per heavy atom. The molecule has 0 aliphatic rings. The second-order valence-corrected chi connectivity index (χ2v) is 4.23. The zero-order valence-electron chi connectivity index (χ0n) is 8.89. The van der Waals surface area contributed by atoms with Crippen LogP contribution in [-0.2, 0) is 0 Å². The zero-order valence-corrected chi connectivity index (χ0v) is 9.65. The molecule has 1 aromatic rings. The Kier molecular flexibility index (Phi) is 3.59. The van der Waals surface area contributed by atoms with Crippen LogP contribution in [0.25, 0.3) is 0 Å². The molecule has 1 nitrogen and oxygen atoms in total. The average molecular weight is 210 g/mol. The van der Waals surface area contributed by atoms with Crippen LogP contribution < -0.4 is 5.32 Å². The second kappa shape index (κ2) is 4.52. The highest BCUT2D eigenvalue weighted by atomic mass is 35.5. The Morgan fingerprint density at radius 3 is 2.57 bits per heavy atom. The quantitative estimate of drug-likeness (QED) is 0.778. The third kappa shape index (κ3) is 2.78. The molecule has 2 heteroatoms. The maximum absolute atomic E-state index is 5.95. The van der Waals surface area contributed by atoms with E-state index in [2.05, 4.69) is 25.7 Å². The molecule has 0 atom stereocenters. The summed E-state index contributed by atoms with van der Waals surface area (Å²) in [5.41, 5.74) is 3.26. The maximum Gasteiger partial charge on any atom is 0.0417 e. The minimum absolute atomic E-state index is 0.454. The molecule has 0 unspecified atom stereocenters. The maximum atomic E-state index is 5.95. The van der Waals surface area contributed by atoms with E-state index in [0.717, 1.165) is 16.4 Å². The number of hydrogen-bond acceptors (Lipinski definition) is 1. The standard InChI is InChI=1S/C12H16ClN/c1-8(2)11-7-10(13)5-6-12(11)14-9(3)4/h5-8,14H,3H2,1-2,4H3. The first kappa shape index (κ1) is 11.1. The summed E-state index contributed by atoms with van der Waals surface area (Å²) in [4.78, 5) is 0. The van der Waals surface area contributed by atoms with Crippen LogP contribution in [0.4, 0.5) is 5.69 Å². The molecule has 0 amide bonds. The van der Waals surface area contributed by atoms with Crippen LogP contribution >= 0.6 is 11.6 Å². The monoisotopic (exact) mass is 209 g/mol. The molecule has 0 heterocycles. The van der Waals surface area contributed by atoms with Crippen molar-refractivity contribution in [3.63, 3.8) is 0 Å². The van der Waals surface area contributed by atoms with E-state index in [-0.39, 0.29) is 0 Å². The van der Waals surface area contributed by atoms with E-state index in [9.17, 15) is 0 Å². The summed E-state index contributed by atoms with van der Waals surface area (Å²) in [6.07, 6.45) is 0. The molecule has 0 aromatic heterocycles. The SMILES string of the molecule is C=C(C)Nc1ccc(Cl)cc1C(C)C. The molecule has 1 rings (SSSR count). The lowest BCUT2D eigenvalue weighted by atomic mass is 10.0. The van der Waals surface area contributed by atoms with Gasteiger partial charge in [0.05, 0.1) is 0 Å². The van der Waals surface area contributed by atoms with E-state index >= 15 is 0 Å². The highest BCUT2D eigenvalue weighted by molar-refractivity contribution is 6.30. The van der Waals surface area contributed by atoms with E-state index < -0.39 is 0 Å². The van der Waals surface area contributed by atoms with Gasteiger partial charge in [-0.05, 0) is 36.6 Å². The fourth-order valence-electron chi connectivity index (χ4n) is 1.35. The number of halogens is 1. The van der Waals surface area contributed by atoms with Gasteiger partial charge in [0.2, 0.25) is 0 Å².